The number of nitrogens with one attached hydrogen (secondary N) is 2. The van der Waals surface area contributed by atoms with Crippen LogP contribution in [-0.2, 0) is 6.18 Å². The molecule has 0 fully saturated rings. The van der Waals surface area contributed by atoms with Crippen molar-refractivity contribution in [3.63, 3.8) is 0 Å². The lowest BCUT2D eigenvalue weighted by atomic mass is 10.2. The fraction of sp³-hybridized carbons (Fsp3) is 0.158. The van der Waals surface area contributed by atoms with Crippen molar-refractivity contribution in [2.24, 2.45) is 0 Å². The number of para-hydroxylation sites is 1. The summed E-state index contributed by atoms with van der Waals surface area (Å²) in [7, 11) is 0. The Balaban J connectivity index is 1.96. The third-order valence-corrected chi connectivity index (χ3v) is 3.80. The highest BCUT2D eigenvalue weighted by molar-refractivity contribution is 5.64. The lowest BCUT2D eigenvalue weighted by Gasteiger charge is -2.15. The van der Waals surface area contributed by atoms with Crippen LogP contribution in [0.2, 0.25) is 0 Å². The standard InChI is InChI=1S/C19H17F3N4/c1-12-7-9-14(10-8-12)24-17-15(19(20,21)22)11-23-18(26-17)25-16-6-4-3-5-13(16)2/h3-11H,1-2H3,(H2,23,24,25,26). The predicted octanol–water partition coefficient (Wildman–Crippen LogP) is 5.60. The summed E-state index contributed by atoms with van der Waals surface area (Å²) in [5, 5.41) is 5.69. The van der Waals surface area contributed by atoms with E-state index in [0.717, 1.165) is 23.0 Å². The van der Waals surface area contributed by atoms with Gasteiger partial charge in [-0.15, -0.1) is 0 Å². The van der Waals surface area contributed by atoms with E-state index in [1.807, 2.05) is 50.2 Å². The highest BCUT2D eigenvalue weighted by Gasteiger charge is 2.35. The molecule has 7 heteroatoms. The Hall–Kier alpha value is -3.09. The van der Waals surface area contributed by atoms with Crippen molar-refractivity contribution in [1.29, 1.82) is 0 Å². The van der Waals surface area contributed by atoms with Gasteiger partial charge in [0.15, 0.2) is 0 Å². The van der Waals surface area contributed by atoms with E-state index in [4.69, 9.17) is 0 Å². The summed E-state index contributed by atoms with van der Waals surface area (Å²) >= 11 is 0. The van der Waals surface area contributed by atoms with Crippen LogP contribution < -0.4 is 10.6 Å². The van der Waals surface area contributed by atoms with Crippen LogP contribution in [0, 0.1) is 13.8 Å². The topological polar surface area (TPSA) is 49.8 Å². The summed E-state index contributed by atoms with van der Waals surface area (Å²) in [4.78, 5) is 7.86. The first kappa shape index (κ1) is 17.7. The molecule has 0 saturated heterocycles. The molecule has 3 aromatic rings. The number of aromatic nitrogens is 2. The number of benzene rings is 2. The molecular weight excluding hydrogens is 341 g/mol. The summed E-state index contributed by atoms with van der Waals surface area (Å²) in [5.74, 6) is -0.214. The molecule has 0 amide bonds. The first-order valence-corrected chi connectivity index (χ1v) is 7.93. The Morgan fingerprint density at radius 2 is 1.58 bits per heavy atom. The number of hydrogen-bond donors (Lipinski definition) is 2. The monoisotopic (exact) mass is 358 g/mol. The first-order chi connectivity index (χ1) is 12.3. The van der Waals surface area contributed by atoms with Crippen molar-refractivity contribution >= 4 is 23.1 Å². The largest absolute Gasteiger partial charge is 0.421 e. The molecule has 0 unspecified atom stereocenters. The van der Waals surface area contributed by atoms with E-state index in [0.29, 0.717) is 5.69 Å². The van der Waals surface area contributed by atoms with Gasteiger partial charge in [-0.2, -0.15) is 18.2 Å². The quantitative estimate of drug-likeness (QED) is 0.637. The van der Waals surface area contributed by atoms with Crippen molar-refractivity contribution in [2.75, 3.05) is 10.6 Å². The molecule has 0 saturated carbocycles. The molecule has 0 aliphatic carbocycles. The van der Waals surface area contributed by atoms with Crippen LogP contribution in [0.25, 0.3) is 0 Å². The van der Waals surface area contributed by atoms with Crippen LogP contribution in [0.5, 0.6) is 0 Å². The highest BCUT2D eigenvalue weighted by Crippen LogP contribution is 2.35. The van der Waals surface area contributed by atoms with Crippen LogP contribution in [0.15, 0.2) is 54.7 Å². The van der Waals surface area contributed by atoms with Crippen molar-refractivity contribution in [1.82, 2.24) is 9.97 Å². The number of rotatable bonds is 4. The second-order valence-electron chi connectivity index (χ2n) is 5.88. The van der Waals surface area contributed by atoms with Crippen molar-refractivity contribution in [3.8, 4) is 0 Å². The van der Waals surface area contributed by atoms with Crippen molar-refractivity contribution in [3.05, 3.63) is 71.4 Å². The zero-order chi connectivity index (χ0) is 18.7. The minimum Gasteiger partial charge on any atom is -0.340 e. The Morgan fingerprint density at radius 1 is 0.885 bits per heavy atom. The summed E-state index contributed by atoms with van der Waals surface area (Å²) in [6, 6.07) is 14.4. The van der Waals surface area contributed by atoms with Crippen molar-refractivity contribution < 1.29 is 13.2 Å². The van der Waals surface area contributed by atoms with Gasteiger partial charge in [0.25, 0.3) is 0 Å². The second-order valence-corrected chi connectivity index (χ2v) is 5.88. The average molecular weight is 358 g/mol. The number of nitrogens with zero attached hydrogens (tertiary/aromatic N) is 2. The van der Waals surface area contributed by atoms with E-state index in [2.05, 4.69) is 20.6 Å². The molecule has 4 nitrogen and oxygen atoms in total. The lowest BCUT2D eigenvalue weighted by Crippen LogP contribution is -2.12. The Morgan fingerprint density at radius 3 is 2.23 bits per heavy atom. The number of aryl methyl sites for hydroxylation is 2. The minimum atomic E-state index is -4.56. The normalized spacial score (nSPS) is 11.3. The maximum Gasteiger partial charge on any atom is 0.421 e. The van der Waals surface area contributed by atoms with Gasteiger partial charge in [-0.25, -0.2) is 4.98 Å². The molecule has 1 heterocycles. The van der Waals surface area contributed by atoms with Gasteiger partial charge in [-0.3, -0.25) is 0 Å². The second kappa shape index (κ2) is 7.03. The van der Waals surface area contributed by atoms with Gasteiger partial charge in [0.1, 0.15) is 11.4 Å². The molecule has 0 aliphatic heterocycles. The fourth-order valence-electron chi connectivity index (χ4n) is 2.35. The number of halogens is 3. The van der Waals surface area contributed by atoms with Crippen LogP contribution in [-0.4, -0.2) is 9.97 Å². The maximum atomic E-state index is 13.3. The molecule has 0 bridgehead atoms. The molecule has 2 aromatic carbocycles. The van der Waals surface area contributed by atoms with Gasteiger partial charge in [0.2, 0.25) is 5.95 Å². The van der Waals surface area contributed by atoms with E-state index in [9.17, 15) is 13.2 Å². The Kier molecular flexibility index (Phi) is 4.79. The molecule has 26 heavy (non-hydrogen) atoms. The zero-order valence-corrected chi connectivity index (χ0v) is 14.2. The first-order valence-electron chi connectivity index (χ1n) is 7.93. The third-order valence-electron chi connectivity index (χ3n) is 3.80. The SMILES string of the molecule is Cc1ccc(Nc2nc(Nc3ccccc3C)ncc2C(F)(F)F)cc1. The summed E-state index contributed by atoms with van der Waals surface area (Å²) < 4.78 is 39.9. The van der Waals surface area contributed by atoms with E-state index in [-0.39, 0.29) is 11.8 Å². The Labute approximate surface area is 149 Å². The molecule has 2 N–H and O–H groups in total. The molecule has 134 valence electrons. The summed E-state index contributed by atoms with van der Waals surface area (Å²) in [6.45, 7) is 3.79. The lowest BCUT2D eigenvalue weighted by molar-refractivity contribution is -0.137. The number of anilines is 4. The van der Waals surface area contributed by atoms with E-state index >= 15 is 0 Å². The summed E-state index contributed by atoms with van der Waals surface area (Å²) in [5.41, 5.74) is 2.27. The van der Waals surface area contributed by atoms with Gasteiger partial charge in [0.05, 0.1) is 0 Å². The fourth-order valence-corrected chi connectivity index (χ4v) is 2.35. The minimum absolute atomic E-state index is 0.0851. The maximum absolute atomic E-state index is 13.3. The van der Waals surface area contributed by atoms with Gasteiger partial charge in [0, 0.05) is 17.6 Å². The molecular formula is C19H17F3N4. The van der Waals surface area contributed by atoms with Gasteiger partial charge in [-0.05, 0) is 37.6 Å². The van der Waals surface area contributed by atoms with Gasteiger partial charge in [-0.1, -0.05) is 35.9 Å². The highest BCUT2D eigenvalue weighted by atomic mass is 19.4. The third kappa shape index (κ3) is 4.11. The zero-order valence-electron chi connectivity index (χ0n) is 14.2. The summed E-state index contributed by atoms with van der Waals surface area (Å²) in [6.07, 6.45) is -3.78. The number of hydrogen-bond acceptors (Lipinski definition) is 4. The molecule has 1 aromatic heterocycles. The van der Waals surface area contributed by atoms with Crippen LogP contribution in [0.4, 0.5) is 36.3 Å². The smallest absolute Gasteiger partial charge is 0.340 e. The van der Waals surface area contributed by atoms with E-state index in [1.165, 1.54) is 0 Å². The van der Waals surface area contributed by atoms with Gasteiger partial charge >= 0.3 is 6.18 Å². The van der Waals surface area contributed by atoms with E-state index in [1.54, 1.807) is 12.1 Å². The van der Waals surface area contributed by atoms with E-state index < -0.39 is 11.7 Å². The molecule has 0 atom stereocenters. The molecule has 3 rings (SSSR count). The predicted molar refractivity (Wildman–Crippen MR) is 96.0 cm³/mol. The van der Waals surface area contributed by atoms with Crippen LogP contribution in [0.3, 0.4) is 0 Å². The van der Waals surface area contributed by atoms with Crippen LogP contribution >= 0.6 is 0 Å². The van der Waals surface area contributed by atoms with Crippen molar-refractivity contribution in [2.45, 2.75) is 20.0 Å². The van der Waals surface area contributed by atoms with Gasteiger partial charge < -0.3 is 10.6 Å². The molecule has 0 spiro atoms. The Bertz CT molecular complexity index is 905. The molecule has 0 radical (unpaired) electrons. The number of alkyl halides is 3. The molecule has 0 aliphatic rings. The average Bonchev–Trinajstić information content (AvgIpc) is 2.58. The van der Waals surface area contributed by atoms with Crippen LogP contribution in [0.1, 0.15) is 16.7 Å².